The molecule has 0 spiro atoms. The van der Waals surface area contributed by atoms with Gasteiger partial charge in [0.1, 0.15) is 5.82 Å². The van der Waals surface area contributed by atoms with E-state index in [9.17, 15) is 14.7 Å². The van der Waals surface area contributed by atoms with E-state index in [4.69, 9.17) is 0 Å². The second-order valence-electron chi connectivity index (χ2n) is 6.77. The largest absolute Gasteiger partial charge is 0.481 e. The van der Waals surface area contributed by atoms with Crippen LogP contribution in [0.3, 0.4) is 0 Å². The molecule has 2 rings (SSSR count). The van der Waals surface area contributed by atoms with Gasteiger partial charge >= 0.3 is 5.97 Å². The van der Waals surface area contributed by atoms with E-state index in [2.05, 4.69) is 0 Å². The number of carbonyl (C=O) groups excluding carboxylic acids is 1. The Hall–Kier alpha value is -2.49. The van der Waals surface area contributed by atoms with Crippen molar-refractivity contribution in [1.29, 1.82) is 0 Å². The van der Waals surface area contributed by atoms with E-state index >= 15 is 4.39 Å². The average molecular weight is 342 g/mol. The Balaban J connectivity index is 3.04. The van der Waals surface area contributed by atoms with E-state index in [1.54, 1.807) is 0 Å². The molecule has 0 fully saturated rings. The molecule has 1 N–H and O–H groups in total. The van der Waals surface area contributed by atoms with Crippen LogP contribution in [-0.2, 0) is 11.2 Å². The van der Waals surface area contributed by atoms with E-state index < -0.39 is 11.8 Å². The van der Waals surface area contributed by atoms with Crippen molar-refractivity contribution < 1.29 is 19.1 Å². The van der Waals surface area contributed by atoms with Crippen molar-refractivity contribution in [2.75, 3.05) is 0 Å². The summed E-state index contributed by atoms with van der Waals surface area (Å²) in [7, 11) is 0. The number of aliphatic carboxylic acids is 1. The van der Waals surface area contributed by atoms with Crippen LogP contribution in [-0.4, -0.2) is 17.4 Å². The highest BCUT2D eigenvalue weighted by molar-refractivity contribution is 5.93. The SMILES string of the molecule is CC(C)c1c(F)c(C(C)C)c(CC(=O)O)c(-c2ccccc2)c1C=O. The first kappa shape index (κ1) is 18.8. The van der Waals surface area contributed by atoms with Crippen molar-refractivity contribution in [3.8, 4) is 11.1 Å². The van der Waals surface area contributed by atoms with Crippen LogP contribution in [0, 0.1) is 5.82 Å². The number of carbonyl (C=O) groups is 2. The molecule has 3 nitrogen and oxygen atoms in total. The van der Waals surface area contributed by atoms with E-state index in [1.165, 1.54) is 0 Å². The highest BCUT2D eigenvalue weighted by atomic mass is 19.1. The molecule has 0 saturated heterocycles. The van der Waals surface area contributed by atoms with Gasteiger partial charge in [0.15, 0.2) is 6.29 Å². The van der Waals surface area contributed by atoms with Crippen molar-refractivity contribution in [1.82, 2.24) is 0 Å². The average Bonchev–Trinajstić information content (AvgIpc) is 2.53. The second-order valence-corrected chi connectivity index (χ2v) is 6.77. The minimum absolute atomic E-state index is 0.195. The molecule has 0 heterocycles. The normalized spacial score (nSPS) is 11.2. The third kappa shape index (κ3) is 3.63. The zero-order valence-corrected chi connectivity index (χ0v) is 15.0. The molecule has 0 bridgehead atoms. The van der Waals surface area contributed by atoms with Gasteiger partial charge in [0, 0.05) is 11.1 Å². The maximum absolute atomic E-state index is 15.3. The van der Waals surface area contributed by atoms with Gasteiger partial charge in [0.2, 0.25) is 0 Å². The summed E-state index contributed by atoms with van der Waals surface area (Å²) in [5, 5.41) is 9.37. The lowest BCUT2D eigenvalue weighted by Crippen LogP contribution is -2.15. The molecule has 0 saturated carbocycles. The van der Waals surface area contributed by atoms with Crippen molar-refractivity contribution in [3.63, 3.8) is 0 Å². The van der Waals surface area contributed by atoms with Gasteiger partial charge in [-0.1, -0.05) is 58.0 Å². The van der Waals surface area contributed by atoms with Crippen molar-refractivity contribution >= 4 is 12.3 Å². The number of carboxylic acids is 1. The van der Waals surface area contributed by atoms with Gasteiger partial charge in [0.25, 0.3) is 0 Å². The Bertz CT molecular complexity index is 793. The maximum atomic E-state index is 15.3. The molecule has 0 aromatic heterocycles. The minimum atomic E-state index is -1.05. The highest BCUT2D eigenvalue weighted by Crippen LogP contribution is 2.40. The zero-order valence-electron chi connectivity index (χ0n) is 15.0. The van der Waals surface area contributed by atoms with E-state index in [0.717, 1.165) is 5.56 Å². The number of rotatable bonds is 6. The molecule has 0 aliphatic carbocycles. The lowest BCUT2D eigenvalue weighted by Gasteiger charge is -2.24. The van der Waals surface area contributed by atoms with Gasteiger partial charge in [-0.25, -0.2) is 4.39 Å². The van der Waals surface area contributed by atoms with Gasteiger partial charge in [-0.3, -0.25) is 9.59 Å². The Morgan fingerprint density at radius 1 is 1.08 bits per heavy atom. The summed E-state index contributed by atoms with van der Waals surface area (Å²) in [6, 6.07) is 9.13. The first-order chi connectivity index (χ1) is 11.8. The van der Waals surface area contributed by atoms with Crippen LogP contribution in [0.5, 0.6) is 0 Å². The Labute approximate surface area is 147 Å². The molecule has 4 heteroatoms. The molecule has 0 radical (unpaired) electrons. The van der Waals surface area contributed by atoms with Crippen LogP contribution in [0.25, 0.3) is 11.1 Å². The lowest BCUT2D eigenvalue weighted by molar-refractivity contribution is -0.136. The summed E-state index contributed by atoms with van der Waals surface area (Å²) in [6.07, 6.45) is 0.323. The second kappa shape index (κ2) is 7.60. The fourth-order valence-corrected chi connectivity index (χ4v) is 3.39. The predicted octanol–water partition coefficient (Wildman–Crippen LogP) is 5.18. The number of aldehydes is 1. The molecule has 0 aliphatic heterocycles. The predicted molar refractivity (Wildman–Crippen MR) is 96.7 cm³/mol. The molecule has 2 aromatic rings. The van der Waals surface area contributed by atoms with Crippen LogP contribution in [0.4, 0.5) is 4.39 Å². The lowest BCUT2D eigenvalue weighted by atomic mass is 9.80. The molecule has 0 amide bonds. The zero-order chi connectivity index (χ0) is 18.7. The fraction of sp³-hybridized carbons (Fsp3) is 0.333. The number of hydrogen-bond donors (Lipinski definition) is 1. The number of carboxylic acid groups (broad SMARTS) is 1. The summed E-state index contributed by atoms with van der Waals surface area (Å²) < 4.78 is 15.3. The van der Waals surface area contributed by atoms with Crippen molar-refractivity contribution in [2.45, 2.75) is 46.0 Å². The summed E-state index contributed by atoms with van der Waals surface area (Å²) in [4.78, 5) is 23.3. The highest BCUT2D eigenvalue weighted by Gasteiger charge is 2.28. The molecule has 25 heavy (non-hydrogen) atoms. The molecule has 0 unspecified atom stereocenters. The molecule has 132 valence electrons. The van der Waals surface area contributed by atoms with Gasteiger partial charge in [-0.2, -0.15) is 0 Å². The first-order valence-electron chi connectivity index (χ1n) is 8.40. The van der Waals surface area contributed by atoms with Crippen LogP contribution in [0.15, 0.2) is 30.3 Å². The molecule has 0 aliphatic rings. The van der Waals surface area contributed by atoms with Crippen LogP contribution >= 0.6 is 0 Å². The summed E-state index contributed by atoms with van der Waals surface area (Å²) in [6.45, 7) is 7.34. The molecule has 0 atom stereocenters. The first-order valence-corrected chi connectivity index (χ1v) is 8.40. The van der Waals surface area contributed by atoms with Gasteiger partial charge in [-0.05, 0) is 34.1 Å². The molecular weight excluding hydrogens is 319 g/mol. The van der Waals surface area contributed by atoms with E-state index in [1.807, 2.05) is 58.0 Å². The van der Waals surface area contributed by atoms with Crippen molar-refractivity contribution in [3.05, 3.63) is 58.4 Å². The van der Waals surface area contributed by atoms with E-state index in [0.29, 0.717) is 28.5 Å². The fourth-order valence-electron chi connectivity index (χ4n) is 3.39. The third-order valence-corrected chi connectivity index (χ3v) is 4.32. The summed E-state index contributed by atoms with van der Waals surface area (Å²) in [5.41, 5.74) is 2.63. The minimum Gasteiger partial charge on any atom is -0.481 e. The molecule has 2 aromatic carbocycles. The van der Waals surface area contributed by atoms with E-state index in [-0.39, 0.29) is 23.8 Å². The van der Waals surface area contributed by atoms with Crippen LogP contribution in [0.2, 0.25) is 0 Å². The standard InChI is InChI=1S/C21H23FO3/c1-12(2)18-15(10-17(24)25)20(14-8-6-5-7-9-14)16(11-23)19(13(3)4)21(18)22/h5-9,11-13H,10H2,1-4H3,(H,24,25). The third-order valence-electron chi connectivity index (χ3n) is 4.32. The van der Waals surface area contributed by atoms with Crippen LogP contribution in [0.1, 0.15) is 66.6 Å². The Morgan fingerprint density at radius 2 is 1.64 bits per heavy atom. The Morgan fingerprint density at radius 3 is 2.08 bits per heavy atom. The summed E-state index contributed by atoms with van der Waals surface area (Å²) in [5.74, 6) is -1.90. The quantitative estimate of drug-likeness (QED) is 0.736. The van der Waals surface area contributed by atoms with Crippen LogP contribution < -0.4 is 0 Å². The number of halogens is 1. The monoisotopic (exact) mass is 342 g/mol. The smallest absolute Gasteiger partial charge is 0.307 e. The van der Waals surface area contributed by atoms with Gasteiger partial charge in [-0.15, -0.1) is 0 Å². The molecular formula is C21H23FO3. The van der Waals surface area contributed by atoms with Crippen molar-refractivity contribution in [2.24, 2.45) is 0 Å². The number of benzene rings is 2. The Kier molecular flexibility index (Phi) is 5.73. The number of hydrogen-bond acceptors (Lipinski definition) is 2. The topological polar surface area (TPSA) is 54.4 Å². The van der Waals surface area contributed by atoms with Gasteiger partial charge in [0.05, 0.1) is 6.42 Å². The summed E-state index contributed by atoms with van der Waals surface area (Å²) >= 11 is 0. The maximum Gasteiger partial charge on any atom is 0.307 e. The van der Waals surface area contributed by atoms with Gasteiger partial charge < -0.3 is 5.11 Å².